The van der Waals surface area contributed by atoms with Gasteiger partial charge in [0, 0.05) is 10.9 Å². The van der Waals surface area contributed by atoms with Gasteiger partial charge >= 0.3 is 0 Å². The molecule has 1 amide bonds. The number of phenols is 2. The number of anilines is 1. The number of aromatic nitrogens is 1. The fourth-order valence-electron chi connectivity index (χ4n) is 2.99. The lowest BCUT2D eigenvalue weighted by atomic mass is 10.0. The lowest BCUT2D eigenvalue weighted by molar-refractivity contribution is -0.112. The number of aromatic hydroxyl groups is 2. The third-order valence-electron chi connectivity index (χ3n) is 4.48. The van der Waals surface area contributed by atoms with Gasteiger partial charge in [-0.3, -0.25) is 10.1 Å². The van der Waals surface area contributed by atoms with Crippen LogP contribution in [0.1, 0.15) is 5.56 Å². The Labute approximate surface area is 176 Å². The Balaban J connectivity index is 1.58. The van der Waals surface area contributed by atoms with Crippen molar-refractivity contribution in [3.05, 3.63) is 77.2 Å². The molecule has 0 aliphatic rings. The molecule has 1 aromatic heterocycles. The van der Waals surface area contributed by atoms with Crippen LogP contribution in [0.25, 0.3) is 28.1 Å². The highest BCUT2D eigenvalue weighted by Gasteiger charge is 2.14. The van der Waals surface area contributed by atoms with E-state index in [1.165, 1.54) is 23.5 Å². The van der Waals surface area contributed by atoms with Gasteiger partial charge in [0.05, 0.1) is 5.69 Å². The molecule has 0 fully saturated rings. The van der Waals surface area contributed by atoms with Gasteiger partial charge in [-0.25, -0.2) is 4.98 Å². The molecule has 0 saturated heterocycles. The molecule has 4 rings (SSSR count). The number of hydrogen-bond donors (Lipinski definition) is 3. The molecule has 0 unspecified atom stereocenters. The summed E-state index contributed by atoms with van der Waals surface area (Å²) in [6.45, 7) is 0. The number of amides is 1. The number of fused-ring (bicyclic) bond motifs is 1. The number of carbonyl (C=O) groups excluding carboxylic acids is 1. The van der Waals surface area contributed by atoms with Crippen molar-refractivity contribution in [1.82, 2.24) is 4.98 Å². The van der Waals surface area contributed by atoms with Gasteiger partial charge in [0.1, 0.15) is 11.6 Å². The quantitative estimate of drug-likeness (QED) is 0.250. The molecule has 30 heavy (non-hydrogen) atoms. The molecule has 0 atom stereocenters. The van der Waals surface area contributed by atoms with Gasteiger partial charge < -0.3 is 10.2 Å². The average molecular weight is 413 g/mol. The Morgan fingerprint density at radius 3 is 2.67 bits per heavy atom. The Bertz CT molecular complexity index is 1330. The zero-order valence-corrected chi connectivity index (χ0v) is 16.4. The number of nitrogens with one attached hydrogen (secondary N) is 1. The summed E-state index contributed by atoms with van der Waals surface area (Å²) in [5, 5.41) is 35.2. The van der Waals surface area contributed by atoms with Crippen LogP contribution < -0.4 is 5.32 Å². The van der Waals surface area contributed by atoms with Crippen LogP contribution in [0, 0.1) is 11.3 Å². The maximum Gasteiger partial charge on any atom is 0.268 e. The SMILES string of the molecule is N#C/C(=C\c1cccc2ccccc12)C(=O)Nc1nc(-c2ccc(O)c(O)c2)cs1. The second kappa shape index (κ2) is 8.07. The molecule has 0 saturated carbocycles. The Morgan fingerprint density at radius 2 is 1.87 bits per heavy atom. The van der Waals surface area contributed by atoms with E-state index < -0.39 is 5.91 Å². The van der Waals surface area contributed by atoms with E-state index in [4.69, 9.17) is 0 Å². The first-order valence-corrected chi connectivity index (χ1v) is 9.82. The Kier molecular flexibility index (Phi) is 5.16. The van der Waals surface area contributed by atoms with Crippen LogP contribution in [0.3, 0.4) is 0 Å². The summed E-state index contributed by atoms with van der Waals surface area (Å²) in [6.07, 6.45) is 1.56. The maximum atomic E-state index is 12.6. The molecule has 0 bridgehead atoms. The first-order chi connectivity index (χ1) is 14.5. The van der Waals surface area contributed by atoms with Crippen molar-refractivity contribution in [2.75, 3.05) is 5.32 Å². The summed E-state index contributed by atoms with van der Waals surface area (Å²) in [5.74, 6) is -1.03. The summed E-state index contributed by atoms with van der Waals surface area (Å²) >= 11 is 1.20. The predicted molar refractivity (Wildman–Crippen MR) is 117 cm³/mol. The van der Waals surface area contributed by atoms with Crippen molar-refractivity contribution in [2.24, 2.45) is 0 Å². The highest BCUT2D eigenvalue weighted by Crippen LogP contribution is 2.32. The molecular weight excluding hydrogens is 398 g/mol. The van der Waals surface area contributed by atoms with E-state index in [0.717, 1.165) is 16.3 Å². The summed E-state index contributed by atoms with van der Waals surface area (Å²) in [5.41, 5.74) is 1.86. The van der Waals surface area contributed by atoms with Gasteiger partial charge in [0.25, 0.3) is 5.91 Å². The van der Waals surface area contributed by atoms with Crippen molar-refractivity contribution in [1.29, 1.82) is 5.26 Å². The van der Waals surface area contributed by atoms with E-state index in [1.54, 1.807) is 17.5 Å². The number of nitrogens with zero attached hydrogens (tertiary/aromatic N) is 2. The molecule has 6 nitrogen and oxygen atoms in total. The van der Waals surface area contributed by atoms with Crippen LogP contribution in [0.2, 0.25) is 0 Å². The summed E-state index contributed by atoms with van der Waals surface area (Å²) in [7, 11) is 0. The van der Waals surface area contributed by atoms with Crippen LogP contribution in [-0.4, -0.2) is 21.1 Å². The third-order valence-corrected chi connectivity index (χ3v) is 5.24. The highest BCUT2D eigenvalue weighted by molar-refractivity contribution is 7.14. The predicted octanol–water partition coefficient (Wildman–Crippen LogP) is 4.92. The molecule has 146 valence electrons. The molecular formula is C23H15N3O3S. The minimum atomic E-state index is -0.556. The zero-order valence-electron chi connectivity index (χ0n) is 15.5. The van der Waals surface area contributed by atoms with Gasteiger partial charge in [-0.2, -0.15) is 5.26 Å². The zero-order chi connectivity index (χ0) is 21.1. The molecule has 0 aliphatic carbocycles. The monoisotopic (exact) mass is 413 g/mol. The molecule has 7 heteroatoms. The normalized spacial score (nSPS) is 11.2. The number of benzene rings is 3. The Hall–Kier alpha value is -4.15. The fraction of sp³-hybridized carbons (Fsp3) is 0. The molecule has 1 heterocycles. The molecule has 3 N–H and O–H groups in total. The van der Waals surface area contributed by atoms with Crippen molar-refractivity contribution in [3.63, 3.8) is 0 Å². The van der Waals surface area contributed by atoms with E-state index in [-0.39, 0.29) is 17.1 Å². The van der Waals surface area contributed by atoms with Crippen LogP contribution >= 0.6 is 11.3 Å². The highest BCUT2D eigenvalue weighted by atomic mass is 32.1. The lowest BCUT2D eigenvalue weighted by Gasteiger charge is -2.04. The smallest absolute Gasteiger partial charge is 0.268 e. The second-order valence-corrected chi connectivity index (χ2v) is 7.29. The first-order valence-electron chi connectivity index (χ1n) is 8.94. The van der Waals surface area contributed by atoms with Crippen molar-refractivity contribution in [2.45, 2.75) is 0 Å². The molecule has 0 radical (unpaired) electrons. The van der Waals surface area contributed by atoms with Crippen molar-refractivity contribution in [3.8, 4) is 28.8 Å². The number of phenolic OH excluding ortho intramolecular Hbond substituents is 2. The minimum Gasteiger partial charge on any atom is -0.504 e. The number of hydrogen-bond acceptors (Lipinski definition) is 6. The van der Waals surface area contributed by atoms with E-state index in [1.807, 2.05) is 48.5 Å². The number of nitriles is 1. The summed E-state index contributed by atoms with van der Waals surface area (Å²) in [6, 6.07) is 19.8. The van der Waals surface area contributed by atoms with Crippen LogP contribution in [0.4, 0.5) is 5.13 Å². The second-order valence-electron chi connectivity index (χ2n) is 6.43. The third kappa shape index (κ3) is 3.85. The average Bonchev–Trinajstić information content (AvgIpc) is 3.22. The minimum absolute atomic E-state index is 0.0367. The van der Waals surface area contributed by atoms with E-state index in [9.17, 15) is 20.3 Å². The van der Waals surface area contributed by atoms with Gasteiger partial charge in [-0.1, -0.05) is 42.5 Å². The van der Waals surface area contributed by atoms with Gasteiger partial charge in [0.2, 0.25) is 0 Å². The summed E-state index contributed by atoms with van der Waals surface area (Å²) < 4.78 is 0. The van der Waals surface area contributed by atoms with Crippen LogP contribution in [0.5, 0.6) is 11.5 Å². The van der Waals surface area contributed by atoms with Gasteiger partial charge in [-0.05, 0) is 40.6 Å². The number of rotatable bonds is 4. The first kappa shape index (κ1) is 19.2. The molecule has 0 aliphatic heterocycles. The molecule has 4 aromatic rings. The largest absolute Gasteiger partial charge is 0.504 e. The topological polar surface area (TPSA) is 106 Å². The molecule has 3 aromatic carbocycles. The van der Waals surface area contributed by atoms with Crippen molar-refractivity contribution < 1.29 is 15.0 Å². The van der Waals surface area contributed by atoms with E-state index in [2.05, 4.69) is 10.3 Å². The number of carbonyl (C=O) groups is 1. The van der Waals surface area contributed by atoms with Crippen LogP contribution in [-0.2, 0) is 4.79 Å². The standard InChI is InChI=1S/C23H15N3O3S/c24-12-17(10-15-6-3-5-14-4-1-2-7-18(14)15)22(29)26-23-25-19(13-30-23)16-8-9-20(27)21(28)11-16/h1-11,13,27-28H,(H,25,26,29)/b17-10+. The summed E-state index contributed by atoms with van der Waals surface area (Å²) in [4.78, 5) is 16.9. The van der Waals surface area contributed by atoms with Crippen molar-refractivity contribution >= 4 is 39.2 Å². The Morgan fingerprint density at radius 1 is 1.07 bits per heavy atom. The van der Waals surface area contributed by atoms with Crippen LogP contribution in [0.15, 0.2) is 71.6 Å². The van der Waals surface area contributed by atoms with E-state index in [0.29, 0.717) is 16.4 Å². The lowest BCUT2D eigenvalue weighted by Crippen LogP contribution is -2.13. The molecule has 0 spiro atoms. The van der Waals surface area contributed by atoms with E-state index >= 15 is 0 Å². The number of thiazole rings is 1. The maximum absolute atomic E-state index is 12.6. The fourth-order valence-corrected chi connectivity index (χ4v) is 3.71. The van der Waals surface area contributed by atoms with Gasteiger partial charge in [0.15, 0.2) is 16.6 Å². The van der Waals surface area contributed by atoms with Gasteiger partial charge in [-0.15, -0.1) is 11.3 Å².